The fourth-order valence-electron chi connectivity index (χ4n) is 1.59. The molecule has 1 aliphatic rings. The SMILES string of the molecule is N#Cc1csc(C2CCCNC2)n1. The Morgan fingerprint density at radius 2 is 2.62 bits per heavy atom. The van der Waals surface area contributed by atoms with Gasteiger partial charge in [-0.05, 0) is 19.4 Å². The summed E-state index contributed by atoms with van der Waals surface area (Å²) in [4.78, 5) is 4.27. The summed E-state index contributed by atoms with van der Waals surface area (Å²) in [6.07, 6.45) is 2.41. The highest BCUT2D eigenvalue weighted by molar-refractivity contribution is 7.09. The van der Waals surface area contributed by atoms with E-state index in [1.807, 2.05) is 5.38 Å². The van der Waals surface area contributed by atoms with Crippen LogP contribution in [0.25, 0.3) is 0 Å². The minimum atomic E-state index is 0.529. The molecule has 13 heavy (non-hydrogen) atoms. The number of hydrogen-bond donors (Lipinski definition) is 1. The summed E-state index contributed by atoms with van der Waals surface area (Å²) in [6, 6.07) is 2.07. The molecule has 0 bridgehead atoms. The third-order valence-electron chi connectivity index (χ3n) is 2.28. The average Bonchev–Trinajstić information content (AvgIpc) is 2.67. The molecule has 4 heteroatoms. The molecule has 2 rings (SSSR count). The van der Waals surface area contributed by atoms with Gasteiger partial charge in [-0.3, -0.25) is 0 Å². The van der Waals surface area contributed by atoms with Crippen LogP contribution in [0.15, 0.2) is 5.38 Å². The molecule has 0 spiro atoms. The number of nitrogens with zero attached hydrogens (tertiary/aromatic N) is 2. The first-order valence-electron chi connectivity index (χ1n) is 4.46. The molecule has 0 amide bonds. The van der Waals surface area contributed by atoms with E-state index in [0.29, 0.717) is 11.6 Å². The Hall–Kier alpha value is -0.920. The summed E-state index contributed by atoms with van der Waals surface area (Å²) in [5, 5.41) is 14.9. The van der Waals surface area contributed by atoms with Crippen LogP contribution in [0.4, 0.5) is 0 Å². The van der Waals surface area contributed by atoms with Crippen molar-refractivity contribution in [1.82, 2.24) is 10.3 Å². The highest BCUT2D eigenvalue weighted by Crippen LogP contribution is 2.25. The molecule has 0 aliphatic carbocycles. The Morgan fingerprint density at radius 3 is 3.23 bits per heavy atom. The molecule has 1 N–H and O–H groups in total. The molecule has 1 aromatic rings. The molecule has 1 atom stereocenters. The molecule has 0 saturated carbocycles. The van der Waals surface area contributed by atoms with Crippen LogP contribution in [-0.2, 0) is 0 Å². The normalized spacial score (nSPS) is 22.5. The molecule has 1 unspecified atom stereocenters. The summed E-state index contributed by atoms with van der Waals surface area (Å²) in [5.74, 6) is 0.529. The summed E-state index contributed by atoms with van der Waals surface area (Å²) in [5.41, 5.74) is 0.561. The number of nitriles is 1. The Morgan fingerprint density at radius 1 is 1.69 bits per heavy atom. The van der Waals surface area contributed by atoms with Gasteiger partial charge in [-0.25, -0.2) is 4.98 Å². The first-order chi connectivity index (χ1) is 6.40. The minimum Gasteiger partial charge on any atom is -0.316 e. The van der Waals surface area contributed by atoms with E-state index in [1.165, 1.54) is 12.8 Å². The largest absolute Gasteiger partial charge is 0.316 e. The zero-order chi connectivity index (χ0) is 9.10. The zero-order valence-corrected chi connectivity index (χ0v) is 8.10. The third kappa shape index (κ3) is 1.87. The van der Waals surface area contributed by atoms with E-state index in [-0.39, 0.29) is 0 Å². The maximum Gasteiger partial charge on any atom is 0.151 e. The minimum absolute atomic E-state index is 0.529. The van der Waals surface area contributed by atoms with E-state index in [2.05, 4.69) is 16.4 Å². The maximum absolute atomic E-state index is 8.63. The van der Waals surface area contributed by atoms with Crippen LogP contribution >= 0.6 is 11.3 Å². The quantitative estimate of drug-likeness (QED) is 0.735. The van der Waals surface area contributed by atoms with Crippen LogP contribution in [0.5, 0.6) is 0 Å². The fraction of sp³-hybridized carbons (Fsp3) is 0.556. The first kappa shape index (κ1) is 8.67. The summed E-state index contributed by atoms with van der Waals surface area (Å²) in [6.45, 7) is 2.13. The number of nitrogens with one attached hydrogen (secondary N) is 1. The molecular weight excluding hydrogens is 182 g/mol. The molecular formula is C9H11N3S. The smallest absolute Gasteiger partial charge is 0.151 e. The molecule has 1 saturated heterocycles. The van der Waals surface area contributed by atoms with Crippen molar-refractivity contribution < 1.29 is 0 Å². The monoisotopic (exact) mass is 193 g/mol. The van der Waals surface area contributed by atoms with Gasteiger partial charge in [0.2, 0.25) is 0 Å². The predicted octanol–water partition coefficient (Wildman–Crippen LogP) is 1.48. The lowest BCUT2D eigenvalue weighted by molar-refractivity contribution is 0.460. The van der Waals surface area contributed by atoms with E-state index >= 15 is 0 Å². The van der Waals surface area contributed by atoms with Crippen molar-refractivity contribution in [3.8, 4) is 6.07 Å². The predicted molar refractivity (Wildman–Crippen MR) is 51.7 cm³/mol. The first-order valence-corrected chi connectivity index (χ1v) is 5.34. The lowest BCUT2D eigenvalue weighted by Gasteiger charge is -2.20. The van der Waals surface area contributed by atoms with E-state index in [1.54, 1.807) is 11.3 Å². The Kier molecular flexibility index (Phi) is 2.57. The molecule has 3 nitrogen and oxygen atoms in total. The number of thiazole rings is 1. The topological polar surface area (TPSA) is 48.7 Å². The van der Waals surface area contributed by atoms with Crippen LogP contribution in [0.3, 0.4) is 0 Å². The van der Waals surface area contributed by atoms with Crippen molar-refractivity contribution in [2.75, 3.05) is 13.1 Å². The number of rotatable bonds is 1. The van der Waals surface area contributed by atoms with Crippen LogP contribution in [-0.4, -0.2) is 18.1 Å². The van der Waals surface area contributed by atoms with Gasteiger partial charge in [0.05, 0.1) is 5.01 Å². The Labute approximate surface area is 81.4 Å². The maximum atomic E-state index is 8.63. The molecule has 68 valence electrons. The lowest BCUT2D eigenvalue weighted by atomic mass is 10.0. The average molecular weight is 193 g/mol. The summed E-state index contributed by atoms with van der Waals surface area (Å²) in [7, 11) is 0. The molecule has 1 aromatic heterocycles. The summed E-state index contributed by atoms with van der Waals surface area (Å²) >= 11 is 1.61. The van der Waals surface area contributed by atoms with Gasteiger partial charge in [-0.1, -0.05) is 0 Å². The van der Waals surface area contributed by atoms with Gasteiger partial charge in [0.25, 0.3) is 0 Å². The molecule has 1 aliphatic heterocycles. The zero-order valence-electron chi connectivity index (χ0n) is 7.29. The van der Waals surface area contributed by atoms with Gasteiger partial charge in [0.15, 0.2) is 5.69 Å². The van der Waals surface area contributed by atoms with Gasteiger partial charge in [0, 0.05) is 17.8 Å². The Balaban J connectivity index is 2.11. The van der Waals surface area contributed by atoms with Crippen molar-refractivity contribution in [2.24, 2.45) is 0 Å². The molecule has 1 fully saturated rings. The van der Waals surface area contributed by atoms with Gasteiger partial charge in [-0.2, -0.15) is 5.26 Å². The summed E-state index contributed by atoms with van der Waals surface area (Å²) < 4.78 is 0. The van der Waals surface area contributed by atoms with Crippen LogP contribution in [0.1, 0.15) is 29.5 Å². The molecule has 0 aromatic carbocycles. The second kappa shape index (κ2) is 3.86. The van der Waals surface area contributed by atoms with Gasteiger partial charge < -0.3 is 5.32 Å². The lowest BCUT2D eigenvalue weighted by Crippen LogP contribution is -2.28. The number of piperidine rings is 1. The molecule has 0 radical (unpaired) electrons. The standard InChI is InChI=1S/C9H11N3S/c10-4-8-6-13-9(12-8)7-2-1-3-11-5-7/h6-7,11H,1-3,5H2. The second-order valence-electron chi connectivity index (χ2n) is 3.23. The Bertz CT molecular complexity index is 320. The van der Waals surface area contributed by atoms with Crippen LogP contribution in [0.2, 0.25) is 0 Å². The van der Waals surface area contributed by atoms with Gasteiger partial charge >= 0.3 is 0 Å². The number of aromatic nitrogens is 1. The van der Waals surface area contributed by atoms with Crippen molar-refractivity contribution in [1.29, 1.82) is 5.26 Å². The van der Waals surface area contributed by atoms with E-state index in [0.717, 1.165) is 18.1 Å². The highest BCUT2D eigenvalue weighted by atomic mass is 32.1. The van der Waals surface area contributed by atoms with E-state index in [9.17, 15) is 0 Å². The second-order valence-corrected chi connectivity index (χ2v) is 4.12. The third-order valence-corrected chi connectivity index (χ3v) is 3.29. The molecule has 2 heterocycles. The van der Waals surface area contributed by atoms with Crippen LogP contribution in [0, 0.1) is 11.3 Å². The number of hydrogen-bond acceptors (Lipinski definition) is 4. The fourth-order valence-corrected chi connectivity index (χ4v) is 2.47. The van der Waals surface area contributed by atoms with Crippen molar-refractivity contribution >= 4 is 11.3 Å². The van der Waals surface area contributed by atoms with Crippen LogP contribution < -0.4 is 5.32 Å². The van der Waals surface area contributed by atoms with Gasteiger partial charge in [-0.15, -0.1) is 11.3 Å². The van der Waals surface area contributed by atoms with Crippen molar-refractivity contribution in [3.63, 3.8) is 0 Å². The van der Waals surface area contributed by atoms with E-state index < -0.39 is 0 Å². The van der Waals surface area contributed by atoms with E-state index in [4.69, 9.17) is 5.26 Å². The van der Waals surface area contributed by atoms with Crippen molar-refractivity contribution in [2.45, 2.75) is 18.8 Å². The highest BCUT2D eigenvalue weighted by Gasteiger charge is 2.17. The van der Waals surface area contributed by atoms with Gasteiger partial charge in [0.1, 0.15) is 6.07 Å². The van der Waals surface area contributed by atoms with Crippen molar-refractivity contribution in [3.05, 3.63) is 16.1 Å².